The van der Waals surface area contributed by atoms with Gasteiger partial charge in [-0.25, -0.2) is 8.42 Å². The molecule has 0 saturated heterocycles. The molecule has 2 rings (SSSR count). The summed E-state index contributed by atoms with van der Waals surface area (Å²) in [6, 6.07) is 12.6. The Hall–Kier alpha value is -3.27. The van der Waals surface area contributed by atoms with Crippen molar-refractivity contribution in [2.75, 3.05) is 31.3 Å². The number of carbonyl (C=O) groups is 2. The Bertz CT molecular complexity index is 1100. The molecule has 0 radical (unpaired) electrons. The van der Waals surface area contributed by atoms with E-state index in [0.717, 1.165) is 22.5 Å². The van der Waals surface area contributed by atoms with Crippen molar-refractivity contribution in [2.45, 2.75) is 45.8 Å². The van der Waals surface area contributed by atoms with Crippen molar-refractivity contribution in [1.29, 1.82) is 0 Å². The second-order valence-electron chi connectivity index (χ2n) is 8.33. The summed E-state index contributed by atoms with van der Waals surface area (Å²) in [4.78, 5) is 27.8. The van der Waals surface area contributed by atoms with Crippen LogP contribution in [0.15, 0.2) is 48.5 Å². The number of nitrogens with one attached hydrogen (secondary N) is 1. The molecule has 0 saturated carbocycles. The molecule has 0 heterocycles. The van der Waals surface area contributed by atoms with Crippen LogP contribution in [-0.4, -0.2) is 64.2 Å². The lowest BCUT2D eigenvalue weighted by molar-refractivity contribution is -0.139. The van der Waals surface area contributed by atoms with Gasteiger partial charge in [-0.05, 0) is 62.2 Å². The highest BCUT2D eigenvalue weighted by atomic mass is 32.2. The van der Waals surface area contributed by atoms with Crippen molar-refractivity contribution in [3.05, 3.63) is 54.1 Å². The van der Waals surface area contributed by atoms with Crippen molar-refractivity contribution >= 4 is 27.5 Å². The number of nitrogens with zero attached hydrogens (tertiary/aromatic N) is 2. The molecule has 2 aromatic rings. The first-order valence-electron chi connectivity index (χ1n) is 11.3. The molecule has 35 heavy (non-hydrogen) atoms. The Balaban J connectivity index is 2.39. The molecular formula is C25H35N3O6S. The Morgan fingerprint density at radius 2 is 1.63 bits per heavy atom. The summed E-state index contributed by atoms with van der Waals surface area (Å²) in [5.41, 5.74) is 1.07. The number of hydrogen-bond acceptors (Lipinski definition) is 6. The fourth-order valence-electron chi connectivity index (χ4n) is 3.38. The van der Waals surface area contributed by atoms with Crippen LogP contribution in [0.1, 0.15) is 32.8 Å². The van der Waals surface area contributed by atoms with Gasteiger partial charge in [0, 0.05) is 12.6 Å². The molecular weight excluding hydrogens is 470 g/mol. The molecule has 10 heteroatoms. The van der Waals surface area contributed by atoms with Crippen molar-refractivity contribution in [1.82, 2.24) is 10.2 Å². The third-order valence-electron chi connectivity index (χ3n) is 5.70. The summed E-state index contributed by atoms with van der Waals surface area (Å²) in [6.45, 7) is 5.11. The van der Waals surface area contributed by atoms with Crippen molar-refractivity contribution in [3.63, 3.8) is 0 Å². The van der Waals surface area contributed by atoms with E-state index < -0.39 is 28.5 Å². The van der Waals surface area contributed by atoms with Crippen LogP contribution < -0.4 is 19.1 Å². The topological polar surface area (TPSA) is 105 Å². The fraction of sp³-hybridized carbons (Fsp3) is 0.440. The Morgan fingerprint density at radius 3 is 2.17 bits per heavy atom. The van der Waals surface area contributed by atoms with Crippen LogP contribution in [0.4, 0.5) is 5.69 Å². The van der Waals surface area contributed by atoms with Gasteiger partial charge in [-0.2, -0.15) is 0 Å². The fourth-order valence-corrected chi connectivity index (χ4v) is 4.23. The molecule has 2 atom stereocenters. The lowest BCUT2D eigenvalue weighted by Crippen LogP contribution is -2.52. The summed E-state index contributed by atoms with van der Waals surface area (Å²) >= 11 is 0. The third-order valence-corrected chi connectivity index (χ3v) is 6.84. The van der Waals surface area contributed by atoms with Crippen LogP contribution in [0.2, 0.25) is 0 Å². The van der Waals surface area contributed by atoms with E-state index in [2.05, 4.69) is 5.32 Å². The smallest absolute Gasteiger partial charge is 0.244 e. The Morgan fingerprint density at radius 1 is 1.00 bits per heavy atom. The number of anilines is 1. The predicted octanol–water partition coefficient (Wildman–Crippen LogP) is 2.80. The predicted molar refractivity (Wildman–Crippen MR) is 136 cm³/mol. The van der Waals surface area contributed by atoms with Gasteiger partial charge < -0.3 is 19.7 Å². The van der Waals surface area contributed by atoms with E-state index in [1.165, 1.54) is 12.0 Å². The number of methoxy groups -OCH3 is 2. The minimum atomic E-state index is -3.79. The van der Waals surface area contributed by atoms with E-state index in [1.807, 2.05) is 19.9 Å². The van der Waals surface area contributed by atoms with Crippen LogP contribution in [0.5, 0.6) is 11.5 Å². The molecule has 192 valence electrons. The zero-order valence-corrected chi connectivity index (χ0v) is 22.0. The first kappa shape index (κ1) is 28.0. The zero-order valence-electron chi connectivity index (χ0n) is 21.1. The lowest BCUT2D eigenvalue weighted by Gasteiger charge is -2.32. The van der Waals surface area contributed by atoms with Gasteiger partial charge >= 0.3 is 0 Å². The summed E-state index contributed by atoms with van der Waals surface area (Å²) in [5, 5.41) is 2.90. The third kappa shape index (κ3) is 7.88. The van der Waals surface area contributed by atoms with Crippen LogP contribution >= 0.6 is 0 Å². The minimum absolute atomic E-state index is 0.0643. The molecule has 9 nitrogen and oxygen atoms in total. The number of benzene rings is 2. The van der Waals surface area contributed by atoms with Crippen LogP contribution in [0, 0.1) is 0 Å². The first-order chi connectivity index (χ1) is 16.5. The molecule has 0 unspecified atom stereocenters. The second kappa shape index (κ2) is 12.4. The van der Waals surface area contributed by atoms with Gasteiger partial charge in [-0.1, -0.05) is 19.1 Å². The van der Waals surface area contributed by atoms with Gasteiger partial charge in [-0.15, -0.1) is 0 Å². The summed E-state index contributed by atoms with van der Waals surface area (Å²) in [6.07, 6.45) is 1.78. The molecule has 0 aliphatic carbocycles. The maximum atomic E-state index is 13.5. The lowest BCUT2D eigenvalue weighted by atomic mass is 10.1. The van der Waals surface area contributed by atoms with Gasteiger partial charge in [0.2, 0.25) is 21.8 Å². The van der Waals surface area contributed by atoms with Crippen molar-refractivity contribution < 1.29 is 27.5 Å². The van der Waals surface area contributed by atoms with Crippen LogP contribution in [-0.2, 0) is 26.2 Å². The molecule has 0 aliphatic rings. The van der Waals surface area contributed by atoms with Crippen LogP contribution in [0.3, 0.4) is 0 Å². The standard InChI is InChI=1S/C25H35N3O6S/c1-7-18(2)26-25(30)19(3)27(16-20-9-8-10-23(15-20)34-5)24(29)17-28(35(6,31)32)21-11-13-22(33-4)14-12-21/h8-15,18-19H,7,16-17H2,1-6H3,(H,26,30)/t18-,19+/m0/s1. The molecule has 0 fully saturated rings. The molecule has 0 bridgehead atoms. The molecule has 0 aromatic heterocycles. The maximum Gasteiger partial charge on any atom is 0.244 e. The quantitative estimate of drug-likeness (QED) is 0.476. The number of carbonyl (C=O) groups excluding carboxylic acids is 2. The van der Waals surface area contributed by atoms with E-state index in [1.54, 1.807) is 56.5 Å². The normalized spacial score (nSPS) is 12.9. The van der Waals surface area contributed by atoms with Crippen LogP contribution in [0.25, 0.3) is 0 Å². The highest BCUT2D eigenvalue weighted by Gasteiger charge is 2.30. The van der Waals surface area contributed by atoms with E-state index >= 15 is 0 Å². The summed E-state index contributed by atoms with van der Waals surface area (Å²) in [5.74, 6) is 0.345. The van der Waals surface area contributed by atoms with Gasteiger partial charge in [0.15, 0.2) is 0 Å². The average Bonchev–Trinajstić information content (AvgIpc) is 2.84. The van der Waals surface area contributed by atoms with Gasteiger partial charge in [0.1, 0.15) is 24.1 Å². The molecule has 2 amide bonds. The Labute approximate surface area is 208 Å². The largest absolute Gasteiger partial charge is 0.497 e. The average molecular weight is 506 g/mol. The van der Waals surface area contributed by atoms with Gasteiger partial charge in [-0.3, -0.25) is 13.9 Å². The SMILES string of the molecule is CC[C@H](C)NC(=O)[C@@H](C)N(Cc1cccc(OC)c1)C(=O)CN(c1ccc(OC)cc1)S(C)(=O)=O. The minimum Gasteiger partial charge on any atom is -0.497 e. The highest BCUT2D eigenvalue weighted by Crippen LogP contribution is 2.23. The number of sulfonamides is 1. The zero-order chi connectivity index (χ0) is 26.2. The second-order valence-corrected chi connectivity index (χ2v) is 10.2. The van der Waals surface area contributed by atoms with Gasteiger partial charge in [0.25, 0.3) is 0 Å². The first-order valence-corrected chi connectivity index (χ1v) is 13.2. The molecule has 1 N–H and O–H groups in total. The van der Waals surface area contributed by atoms with Crippen molar-refractivity contribution in [2.24, 2.45) is 0 Å². The maximum absolute atomic E-state index is 13.5. The molecule has 2 aromatic carbocycles. The van der Waals surface area contributed by atoms with E-state index in [4.69, 9.17) is 9.47 Å². The number of hydrogen-bond donors (Lipinski definition) is 1. The van der Waals surface area contributed by atoms with Gasteiger partial charge in [0.05, 0.1) is 26.2 Å². The summed E-state index contributed by atoms with van der Waals surface area (Å²) in [7, 11) is -0.740. The summed E-state index contributed by atoms with van der Waals surface area (Å²) < 4.78 is 36.6. The number of ether oxygens (including phenoxy) is 2. The number of rotatable bonds is 12. The van der Waals surface area contributed by atoms with E-state index in [0.29, 0.717) is 17.2 Å². The highest BCUT2D eigenvalue weighted by molar-refractivity contribution is 7.92. The van der Waals surface area contributed by atoms with Crippen molar-refractivity contribution in [3.8, 4) is 11.5 Å². The molecule has 0 spiro atoms. The van der Waals surface area contributed by atoms with E-state index in [-0.39, 0.29) is 18.5 Å². The Kier molecular flexibility index (Phi) is 9.94. The number of amides is 2. The van der Waals surface area contributed by atoms with E-state index in [9.17, 15) is 18.0 Å². The molecule has 0 aliphatic heterocycles. The monoisotopic (exact) mass is 505 g/mol.